The number of aliphatic hydroxyl groups is 3. The third kappa shape index (κ3) is 2.13. The van der Waals surface area contributed by atoms with E-state index in [1.807, 2.05) is 0 Å². The minimum atomic E-state index is -1.21. The molecule has 0 radical (unpaired) electrons. The van der Waals surface area contributed by atoms with Crippen molar-refractivity contribution in [3.63, 3.8) is 0 Å². The first-order chi connectivity index (χ1) is 10.6. The molecule has 2 aromatic heterocycles. The van der Waals surface area contributed by atoms with Gasteiger partial charge in [-0.1, -0.05) is 0 Å². The Morgan fingerprint density at radius 2 is 2.18 bits per heavy atom. The number of rotatable bonds is 4. The molecule has 22 heavy (non-hydrogen) atoms. The van der Waals surface area contributed by atoms with Crippen molar-refractivity contribution >= 4 is 16.9 Å². The number of aromatic nitrogens is 3. The molecule has 10 heteroatoms. The van der Waals surface area contributed by atoms with Gasteiger partial charge in [-0.2, -0.15) is 0 Å². The summed E-state index contributed by atoms with van der Waals surface area (Å²) in [4.78, 5) is 18.8. The molecule has 1 fully saturated rings. The van der Waals surface area contributed by atoms with Crippen LogP contribution in [0.3, 0.4) is 0 Å². The van der Waals surface area contributed by atoms with Gasteiger partial charge in [0.1, 0.15) is 30.3 Å². The van der Waals surface area contributed by atoms with Gasteiger partial charge < -0.3 is 24.6 Å². The van der Waals surface area contributed by atoms with E-state index in [0.717, 1.165) is 5.01 Å². The van der Waals surface area contributed by atoms with E-state index in [9.17, 15) is 15.1 Å². The Kier molecular flexibility index (Phi) is 3.74. The van der Waals surface area contributed by atoms with Gasteiger partial charge in [-0.05, 0) is 6.07 Å². The second-order valence-electron chi connectivity index (χ2n) is 4.99. The zero-order valence-corrected chi connectivity index (χ0v) is 11.6. The fourth-order valence-corrected chi connectivity index (χ4v) is 2.57. The van der Waals surface area contributed by atoms with Gasteiger partial charge >= 0.3 is 0 Å². The molecule has 0 bridgehead atoms. The highest BCUT2D eigenvalue weighted by Gasteiger charge is 2.43. The summed E-state index contributed by atoms with van der Waals surface area (Å²) in [6.45, 7) is -0.411. The van der Waals surface area contributed by atoms with E-state index in [4.69, 9.17) is 9.84 Å². The number of anilines is 1. The van der Waals surface area contributed by atoms with Crippen molar-refractivity contribution in [3.8, 4) is 0 Å². The fourth-order valence-electron chi connectivity index (χ4n) is 2.57. The second-order valence-corrected chi connectivity index (χ2v) is 4.99. The Hall–Kier alpha value is -2.14. The van der Waals surface area contributed by atoms with Gasteiger partial charge in [0.15, 0.2) is 12.0 Å². The number of hydrogen-bond donors (Lipinski definition) is 3. The Morgan fingerprint density at radius 3 is 2.82 bits per heavy atom. The lowest BCUT2D eigenvalue weighted by Gasteiger charge is -2.17. The maximum atomic E-state index is 10.7. The SMILES string of the molecule is CN(N=O)c1ncnc2c1ccn2C1OC(CO)C(O)C1O. The van der Waals surface area contributed by atoms with E-state index in [1.54, 1.807) is 12.3 Å². The van der Waals surface area contributed by atoms with Gasteiger partial charge in [0.05, 0.1) is 17.3 Å². The van der Waals surface area contributed by atoms with Crippen LogP contribution in [0.25, 0.3) is 11.0 Å². The standard InChI is InChI=1S/C12H15N5O5/c1-16(15-21)10-6-2-3-17(11(6)14-5-13-10)12-9(20)8(19)7(4-18)22-12/h2-3,5,7-9,12,18-20H,4H2,1H3. The summed E-state index contributed by atoms with van der Waals surface area (Å²) >= 11 is 0. The van der Waals surface area contributed by atoms with Crippen LogP contribution >= 0.6 is 0 Å². The summed E-state index contributed by atoms with van der Waals surface area (Å²) in [5.41, 5.74) is 0.412. The minimum absolute atomic E-state index is 0.311. The Labute approximate surface area is 124 Å². The van der Waals surface area contributed by atoms with Gasteiger partial charge in [-0.15, -0.1) is 4.91 Å². The zero-order valence-electron chi connectivity index (χ0n) is 11.6. The molecule has 2 aromatic rings. The molecule has 4 atom stereocenters. The molecule has 3 rings (SSSR count). The number of fused-ring (bicyclic) bond motifs is 1. The van der Waals surface area contributed by atoms with Gasteiger partial charge in [0.2, 0.25) is 0 Å². The third-order valence-corrected chi connectivity index (χ3v) is 3.71. The van der Waals surface area contributed by atoms with Crippen molar-refractivity contribution in [2.75, 3.05) is 18.7 Å². The Bertz CT molecular complexity index is 692. The molecule has 0 spiro atoms. The normalized spacial score (nSPS) is 28.2. The van der Waals surface area contributed by atoms with Crippen LogP contribution in [-0.2, 0) is 4.74 Å². The van der Waals surface area contributed by atoms with Crippen LogP contribution in [0.1, 0.15) is 6.23 Å². The van der Waals surface area contributed by atoms with Gasteiger partial charge in [-0.3, -0.25) is 0 Å². The van der Waals surface area contributed by atoms with Crippen LogP contribution in [0, 0.1) is 4.91 Å². The molecule has 10 nitrogen and oxygen atoms in total. The monoisotopic (exact) mass is 309 g/mol. The molecule has 4 unspecified atom stereocenters. The first-order valence-electron chi connectivity index (χ1n) is 6.59. The van der Waals surface area contributed by atoms with Gasteiger partial charge in [0.25, 0.3) is 0 Å². The molecule has 1 aliphatic heterocycles. The number of ether oxygens (including phenoxy) is 1. The van der Waals surface area contributed by atoms with Crippen molar-refractivity contribution in [2.45, 2.75) is 24.5 Å². The van der Waals surface area contributed by atoms with Crippen LogP contribution in [-0.4, -0.2) is 61.8 Å². The number of aliphatic hydroxyl groups excluding tert-OH is 3. The van der Waals surface area contributed by atoms with E-state index in [-0.39, 0.29) is 0 Å². The van der Waals surface area contributed by atoms with E-state index in [0.29, 0.717) is 16.9 Å². The lowest BCUT2D eigenvalue weighted by atomic mass is 10.1. The van der Waals surface area contributed by atoms with Crippen molar-refractivity contribution in [3.05, 3.63) is 23.5 Å². The van der Waals surface area contributed by atoms with Crippen molar-refractivity contribution in [2.24, 2.45) is 5.29 Å². The fraction of sp³-hybridized carbons (Fsp3) is 0.500. The topological polar surface area (TPSA) is 133 Å². The molecule has 118 valence electrons. The van der Waals surface area contributed by atoms with Crippen LogP contribution in [0.5, 0.6) is 0 Å². The molecular formula is C12H15N5O5. The quantitative estimate of drug-likeness (QED) is 0.492. The second kappa shape index (κ2) is 5.57. The lowest BCUT2D eigenvalue weighted by Crippen LogP contribution is -2.33. The molecule has 0 aromatic carbocycles. The van der Waals surface area contributed by atoms with Crippen LogP contribution in [0.2, 0.25) is 0 Å². The minimum Gasteiger partial charge on any atom is -0.394 e. The zero-order chi connectivity index (χ0) is 15.9. The smallest absolute Gasteiger partial charge is 0.164 e. The summed E-state index contributed by atoms with van der Waals surface area (Å²) < 4.78 is 6.98. The average Bonchev–Trinajstić information content (AvgIpc) is 3.08. The van der Waals surface area contributed by atoms with E-state index in [1.165, 1.54) is 17.9 Å². The summed E-state index contributed by atoms with van der Waals surface area (Å²) in [5.74, 6) is 0.311. The number of nitrogens with zero attached hydrogens (tertiary/aromatic N) is 5. The van der Waals surface area contributed by atoms with Crippen molar-refractivity contribution in [1.82, 2.24) is 14.5 Å². The van der Waals surface area contributed by atoms with Crippen LogP contribution in [0.4, 0.5) is 5.82 Å². The van der Waals surface area contributed by atoms with Crippen molar-refractivity contribution in [1.29, 1.82) is 0 Å². The number of hydrogen-bond acceptors (Lipinski definition) is 8. The molecular weight excluding hydrogens is 294 g/mol. The van der Waals surface area contributed by atoms with Crippen molar-refractivity contribution < 1.29 is 20.1 Å². The average molecular weight is 309 g/mol. The highest BCUT2D eigenvalue weighted by Crippen LogP contribution is 2.33. The summed E-state index contributed by atoms with van der Waals surface area (Å²) in [7, 11) is 1.46. The van der Waals surface area contributed by atoms with Gasteiger partial charge in [-0.25, -0.2) is 15.0 Å². The highest BCUT2D eigenvalue weighted by molar-refractivity contribution is 5.87. The molecule has 3 N–H and O–H groups in total. The molecule has 1 saturated heterocycles. The predicted molar refractivity (Wildman–Crippen MR) is 74.7 cm³/mol. The third-order valence-electron chi connectivity index (χ3n) is 3.71. The predicted octanol–water partition coefficient (Wildman–Crippen LogP) is -0.840. The van der Waals surface area contributed by atoms with E-state index >= 15 is 0 Å². The lowest BCUT2D eigenvalue weighted by molar-refractivity contribution is -0.0508. The molecule has 0 amide bonds. The Balaban J connectivity index is 2.04. The largest absolute Gasteiger partial charge is 0.394 e. The van der Waals surface area contributed by atoms with Crippen LogP contribution in [0.15, 0.2) is 23.9 Å². The molecule has 1 aliphatic rings. The maximum absolute atomic E-state index is 10.7. The summed E-state index contributed by atoms with van der Waals surface area (Å²) in [6, 6.07) is 1.65. The number of nitroso groups, excluding NO2 is 1. The highest BCUT2D eigenvalue weighted by atomic mass is 16.6. The molecule has 0 saturated carbocycles. The summed E-state index contributed by atoms with van der Waals surface area (Å²) in [6.07, 6.45) is -1.33. The van der Waals surface area contributed by atoms with Crippen LogP contribution < -0.4 is 5.01 Å². The van der Waals surface area contributed by atoms with E-state index in [2.05, 4.69) is 15.3 Å². The first kappa shape index (κ1) is 14.8. The Morgan fingerprint density at radius 1 is 1.41 bits per heavy atom. The van der Waals surface area contributed by atoms with E-state index < -0.39 is 31.1 Å². The van der Waals surface area contributed by atoms with Gasteiger partial charge in [0, 0.05) is 13.2 Å². The first-order valence-corrected chi connectivity index (χ1v) is 6.59. The maximum Gasteiger partial charge on any atom is 0.164 e. The summed E-state index contributed by atoms with van der Waals surface area (Å²) in [5, 5.41) is 33.5. The molecule has 0 aliphatic carbocycles. The molecule has 3 heterocycles.